The average molecular weight is 471 g/mol. The van der Waals surface area contributed by atoms with Crippen molar-refractivity contribution in [1.29, 1.82) is 0 Å². The maximum Gasteiger partial charge on any atom is 0.356 e. The molecule has 3 aliphatic heterocycles. The highest BCUT2D eigenvalue weighted by atomic mass is 32.2. The van der Waals surface area contributed by atoms with E-state index in [-0.39, 0.29) is 53.8 Å². The summed E-state index contributed by atoms with van der Waals surface area (Å²) in [4.78, 5) is 40.1. The van der Waals surface area contributed by atoms with Crippen molar-refractivity contribution < 1.29 is 24.2 Å². The van der Waals surface area contributed by atoms with Crippen LogP contribution in [0.2, 0.25) is 0 Å². The number of anilines is 1. The van der Waals surface area contributed by atoms with Crippen molar-refractivity contribution in [3.63, 3.8) is 0 Å². The number of β-lactam (4-membered cyclic amide) rings is 1. The third-order valence-corrected chi connectivity index (χ3v) is 6.82. The number of carboxylic acids is 1. The van der Waals surface area contributed by atoms with Crippen molar-refractivity contribution in [2.45, 2.75) is 36.8 Å². The van der Waals surface area contributed by atoms with Crippen LogP contribution in [-0.4, -0.2) is 85.0 Å². The normalized spacial score (nSPS) is 23.1. The molecule has 3 aliphatic rings. The molecule has 0 spiro atoms. The molecule has 0 saturated carbocycles. The van der Waals surface area contributed by atoms with Gasteiger partial charge < -0.3 is 20.1 Å². The van der Waals surface area contributed by atoms with Crippen LogP contribution < -0.4 is 10.2 Å². The molecule has 5 rings (SSSR count). The molecular formula is C20H21N7O5S. The Morgan fingerprint density at radius 3 is 2.85 bits per heavy atom. The number of para-hydroxylation sites is 1. The Morgan fingerprint density at radius 2 is 2.12 bits per heavy atom. The van der Waals surface area contributed by atoms with E-state index in [4.69, 9.17) is 4.74 Å². The summed E-state index contributed by atoms with van der Waals surface area (Å²) in [6.45, 7) is 2.76. The first-order chi connectivity index (χ1) is 16.0. The predicted octanol–water partition coefficient (Wildman–Crippen LogP) is -0.304. The zero-order valence-corrected chi connectivity index (χ0v) is 18.4. The molecule has 33 heavy (non-hydrogen) atoms. The quantitative estimate of drug-likeness (QED) is 0.389. The van der Waals surface area contributed by atoms with Crippen molar-refractivity contribution >= 4 is 35.2 Å². The lowest BCUT2D eigenvalue weighted by Gasteiger charge is -2.48. The predicted molar refractivity (Wildman–Crippen MR) is 115 cm³/mol. The van der Waals surface area contributed by atoms with Crippen LogP contribution in [0.15, 0.2) is 46.9 Å². The number of tetrazole rings is 1. The summed E-state index contributed by atoms with van der Waals surface area (Å²) in [6, 6.07) is 8.62. The summed E-state index contributed by atoms with van der Waals surface area (Å²) in [7, 11) is 0. The highest BCUT2D eigenvalue weighted by Crippen LogP contribution is 2.40. The Hall–Kier alpha value is -3.45. The number of amides is 2. The number of hydrogen-bond donors (Lipinski definition) is 2. The topological polar surface area (TPSA) is 143 Å². The van der Waals surface area contributed by atoms with Gasteiger partial charge in [-0.05, 0) is 29.5 Å². The molecule has 2 fully saturated rings. The molecule has 0 unspecified atom stereocenters. The Morgan fingerprint density at radius 1 is 1.33 bits per heavy atom. The number of thioether (sulfide) groups is 1. The molecule has 2 aromatic rings. The van der Waals surface area contributed by atoms with Gasteiger partial charge in [0.05, 0.1) is 11.8 Å². The van der Waals surface area contributed by atoms with Crippen LogP contribution in [0.3, 0.4) is 0 Å². The molecule has 0 bridgehead atoms. The van der Waals surface area contributed by atoms with Crippen molar-refractivity contribution in [1.82, 2.24) is 30.4 Å². The van der Waals surface area contributed by atoms with Crippen molar-refractivity contribution in [3.8, 4) is 0 Å². The molecule has 12 nitrogen and oxygen atoms in total. The molecule has 1 aromatic heterocycles. The van der Waals surface area contributed by atoms with Crippen molar-refractivity contribution in [2.75, 3.05) is 23.7 Å². The van der Waals surface area contributed by atoms with E-state index in [0.717, 1.165) is 17.4 Å². The first-order valence-electron chi connectivity index (χ1n) is 10.4. The average Bonchev–Trinajstić information content (AvgIpc) is 3.42. The zero-order valence-electron chi connectivity index (χ0n) is 17.6. The van der Waals surface area contributed by atoms with Gasteiger partial charge in [-0.15, -0.1) is 5.10 Å². The fraction of sp³-hybridized carbons (Fsp3) is 0.400. The molecule has 1 aromatic carbocycles. The minimum Gasteiger partial charge on any atom is -0.488 e. The number of nitrogens with one attached hydrogen (secondary N) is 1. The number of carbonyl (C=O) groups excluding carboxylic acids is 2. The standard InChI is InChI=1S/C20H21N7O5S/c1-2-25(11-6-4-3-5-7-11)14(28)9-26-20(22-23-24-26)33-10-13-17(19(30)31)27-16-12(32-13)8-21-15(16)18(27)29/h3-7,12,15-16,21H,2,8-10H2,1H3,(H,30,31)/t12-,15+,16-/m1/s1. The van der Waals surface area contributed by atoms with E-state index >= 15 is 0 Å². The molecule has 0 radical (unpaired) electrons. The maximum absolute atomic E-state index is 12.9. The lowest BCUT2D eigenvalue weighted by molar-refractivity contribution is -0.158. The van der Waals surface area contributed by atoms with Crippen LogP contribution in [0.5, 0.6) is 0 Å². The Kier molecular flexibility index (Phi) is 5.50. The number of hydrogen-bond acceptors (Lipinski definition) is 9. The van der Waals surface area contributed by atoms with E-state index in [1.54, 1.807) is 4.90 Å². The second-order valence-corrected chi connectivity index (χ2v) is 8.64. The fourth-order valence-electron chi connectivity index (χ4n) is 4.38. The van der Waals surface area contributed by atoms with E-state index in [9.17, 15) is 19.5 Å². The number of aliphatic carboxylic acids is 1. The van der Waals surface area contributed by atoms with E-state index in [2.05, 4.69) is 20.8 Å². The molecule has 2 N–H and O–H groups in total. The van der Waals surface area contributed by atoms with Crippen LogP contribution in [0.4, 0.5) is 5.69 Å². The van der Waals surface area contributed by atoms with Gasteiger partial charge in [-0.3, -0.25) is 14.5 Å². The SMILES string of the molecule is CCN(C(=O)Cn1nnnc1SCC1=C(C(=O)O)N2C(=O)[C@H]3NC[C@@H](O1)[C@H]32)c1ccccc1. The molecule has 2 saturated heterocycles. The monoisotopic (exact) mass is 471 g/mol. The van der Waals surface area contributed by atoms with Gasteiger partial charge >= 0.3 is 5.97 Å². The van der Waals surface area contributed by atoms with Gasteiger partial charge in [0.25, 0.3) is 0 Å². The number of rotatable bonds is 8. The van der Waals surface area contributed by atoms with E-state index in [0.29, 0.717) is 18.2 Å². The van der Waals surface area contributed by atoms with Gasteiger partial charge in [-0.25, -0.2) is 9.48 Å². The van der Waals surface area contributed by atoms with Gasteiger partial charge in [-0.1, -0.05) is 30.0 Å². The Bertz CT molecular complexity index is 1140. The third-order valence-electron chi connectivity index (χ3n) is 5.87. The van der Waals surface area contributed by atoms with Gasteiger partial charge in [0.2, 0.25) is 17.0 Å². The molecular weight excluding hydrogens is 450 g/mol. The third kappa shape index (κ3) is 3.62. The summed E-state index contributed by atoms with van der Waals surface area (Å²) >= 11 is 1.14. The van der Waals surface area contributed by atoms with Crippen LogP contribution >= 0.6 is 11.8 Å². The number of aromatic nitrogens is 4. The minimum absolute atomic E-state index is 0.0787. The van der Waals surface area contributed by atoms with E-state index < -0.39 is 5.97 Å². The van der Waals surface area contributed by atoms with Crippen molar-refractivity contribution in [3.05, 3.63) is 41.8 Å². The van der Waals surface area contributed by atoms with Gasteiger partial charge in [-0.2, -0.15) is 0 Å². The molecule has 2 amide bonds. The first kappa shape index (κ1) is 21.4. The second-order valence-electron chi connectivity index (χ2n) is 7.70. The molecule has 4 heterocycles. The second kappa shape index (κ2) is 8.48. The lowest BCUT2D eigenvalue weighted by Crippen LogP contribution is -2.69. The minimum atomic E-state index is -1.22. The smallest absolute Gasteiger partial charge is 0.356 e. The highest BCUT2D eigenvalue weighted by molar-refractivity contribution is 7.99. The molecule has 172 valence electrons. The van der Waals surface area contributed by atoms with Crippen molar-refractivity contribution in [2.24, 2.45) is 0 Å². The van der Waals surface area contributed by atoms with Crippen LogP contribution in [0, 0.1) is 0 Å². The zero-order chi connectivity index (χ0) is 23.1. The Labute approximate surface area is 192 Å². The number of nitrogens with zero attached hydrogens (tertiary/aromatic N) is 6. The van der Waals surface area contributed by atoms with Crippen LogP contribution in [0.25, 0.3) is 0 Å². The van der Waals surface area contributed by atoms with Crippen LogP contribution in [-0.2, 0) is 25.7 Å². The maximum atomic E-state index is 12.9. The summed E-state index contributed by atoms with van der Waals surface area (Å²) < 4.78 is 7.30. The number of likely N-dealkylation sites (N-methyl/N-ethyl adjacent to an activating group) is 1. The Balaban J connectivity index is 1.31. The number of carbonyl (C=O) groups is 3. The van der Waals surface area contributed by atoms with E-state index in [1.165, 1.54) is 9.58 Å². The fourth-order valence-corrected chi connectivity index (χ4v) is 5.19. The summed E-state index contributed by atoms with van der Waals surface area (Å²) in [6.07, 6.45) is -0.298. The summed E-state index contributed by atoms with van der Waals surface area (Å²) in [5, 5.41) is 24.7. The largest absolute Gasteiger partial charge is 0.488 e. The number of benzene rings is 1. The van der Waals surface area contributed by atoms with Gasteiger partial charge in [0, 0.05) is 18.8 Å². The first-order valence-corrected chi connectivity index (χ1v) is 11.4. The molecule has 13 heteroatoms. The lowest BCUT2D eigenvalue weighted by atomic mass is 9.92. The molecule has 0 aliphatic carbocycles. The van der Waals surface area contributed by atoms with E-state index in [1.807, 2.05) is 37.3 Å². The summed E-state index contributed by atoms with van der Waals surface area (Å²) in [5.41, 5.74) is 0.626. The highest BCUT2D eigenvalue weighted by Gasteiger charge is 2.61. The van der Waals surface area contributed by atoms with Gasteiger partial charge in [0.1, 0.15) is 24.4 Å². The number of carboxylic acid groups (broad SMARTS) is 1. The van der Waals surface area contributed by atoms with Gasteiger partial charge in [0.15, 0.2) is 5.70 Å². The summed E-state index contributed by atoms with van der Waals surface area (Å²) in [5.74, 6) is -1.39. The molecule has 3 atom stereocenters. The van der Waals surface area contributed by atoms with Crippen LogP contribution in [0.1, 0.15) is 6.92 Å². The number of ether oxygens (including phenoxy) is 1.